The summed E-state index contributed by atoms with van der Waals surface area (Å²) in [5, 5.41) is 9.02. The highest BCUT2D eigenvalue weighted by Gasteiger charge is 2.23. The summed E-state index contributed by atoms with van der Waals surface area (Å²) in [6.07, 6.45) is 1.13. The number of pyridine rings is 1. The second-order valence-electron chi connectivity index (χ2n) is 3.99. The van der Waals surface area contributed by atoms with Crippen molar-refractivity contribution < 1.29 is 8.42 Å². The Morgan fingerprint density at radius 3 is 2.50 bits per heavy atom. The largest absolute Gasteiger partial charge is 0.328 e. The van der Waals surface area contributed by atoms with Crippen molar-refractivity contribution in [2.24, 2.45) is 0 Å². The molecule has 0 spiro atoms. The van der Waals surface area contributed by atoms with Crippen molar-refractivity contribution in [2.45, 2.75) is 4.90 Å². The van der Waals surface area contributed by atoms with Crippen molar-refractivity contribution in [2.75, 3.05) is 11.4 Å². The van der Waals surface area contributed by atoms with Crippen LogP contribution in [0.15, 0.2) is 52.3 Å². The minimum absolute atomic E-state index is 0.0488. The number of rotatable bonds is 3. The maximum Gasteiger partial charge on any atom is 0.265 e. The molecule has 0 radical (unpaired) electrons. The van der Waals surface area contributed by atoms with Gasteiger partial charge in [0.1, 0.15) is 11.0 Å². The Labute approximate surface area is 116 Å². The van der Waals surface area contributed by atoms with Crippen LogP contribution in [0.3, 0.4) is 0 Å². The molecule has 7 heteroatoms. The number of nitrogens with zero attached hydrogens (tertiary/aromatic N) is 2. The number of anilines is 1. The molecule has 6 nitrogen and oxygen atoms in total. The van der Waals surface area contributed by atoms with E-state index >= 15 is 0 Å². The number of H-pyrrole nitrogens is 1. The van der Waals surface area contributed by atoms with Crippen molar-refractivity contribution in [3.05, 3.63) is 58.5 Å². The molecule has 102 valence electrons. The molecule has 2 aromatic rings. The van der Waals surface area contributed by atoms with E-state index < -0.39 is 10.0 Å². The molecule has 20 heavy (non-hydrogen) atoms. The third kappa shape index (κ3) is 2.41. The van der Waals surface area contributed by atoms with Gasteiger partial charge >= 0.3 is 0 Å². The van der Waals surface area contributed by atoms with E-state index in [2.05, 4.69) is 4.98 Å². The van der Waals surface area contributed by atoms with E-state index in [9.17, 15) is 13.2 Å². The summed E-state index contributed by atoms with van der Waals surface area (Å²) in [5.41, 5.74) is 0.147. The van der Waals surface area contributed by atoms with Crippen LogP contribution in [0.5, 0.6) is 0 Å². The summed E-state index contributed by atoms with van der Waals surface area (Å²) < 4.78 is 25.8. The fourth-order valence-electron chi connectivity index (χ4n) is 1.69. The lowest BCUT2D eigenvalue weighted by molar-refractivity contribution is 0.594. The maximum atomic E-state index is 12.4. The molecule has 0 aliphatic carbocycles. The fraction of sp³-hybridized carbons (Fsp3) is 0.0769. The number of para-hydroxylation sites is 1. The summed E-state index contributed by atoms with van der Waals surface area (Å²) in [5.74, 6) is 0. The maximum absolute atomic E-state index is 12.4. The van der Waals surface area contributed by atoms with Gasteiger partial charge in [-0.2, -0.15) is 5.26 Å². The number of sulfonamides is 1. The summed E-state index contributed by atoms with van der Waals surface area (Å²) in [6, 6.07) is 10.7. The highest BCUT2D eigenvalue weighted by atomic mass is 32.2. The van der Waals surface area contributed by atoms with Crippen LogP contribution in [0.1, 0.15) is 5.56 Å². The molecule has 0 fully saturated rings. The van der Waals surface area contributed by atoms with Crippen molar-refractivity contribution in [3.63, 3.8) is 0 Å². The average Bonchev–Trinajstić information content (AvgIpc) is 2.46. The first-order valence-corrected chi connectivity index (χ1v) is 7.07. The molecule has 0 aliphatic heterocycles. The Balaban J connectivity index is 2.52. The van der Waals surface area contributed by atoms with Crippen LogP contribution in [0.25, 0.3) is 0 Å². The summed E-state index contributed by atoms with van der Waals surface area (Å²) in [6.45, 7) is 0. The highest BCUT2D eigenvalue weighted by Crippen LogP contribution is 2.24. The van der Waals surface area contributed by atoms with Crippen LogP contribution < -0.4 is 9.86 Å². The van der Waals surface area contributed by atoms with E-state index in [1.54, 1.807) is 18.2 Å². The van der Waals surface area contributed by atoms with Gasteiger partial charge in [-0.25, -0.2) is 8.42 Å². The van der Waals surface area contributed by atoms with E-state index in [1.165, 1.54) is 19.2 Å². The Morgan fingerprint density at radius 1 is 1.20 bits per heavy atom. The van der Waals surface area contributed by atoms with Gasteiger partial charge in [0.25, 0.3) is 10.0 Å². The van der Waals surface area contributed by atoms with Crippen LogP contribution in [-0.4, -0.2) is 20.4 Å². The van der Waals surface area contributed by atoms with Crippen LogP contribution in [0.4, 0.5) is 5.69 Å². The number of hydrogen-bond acceptors (Lipinski definition) is 4. The Kier molecular flexibility index (Phi) is 3.59. The molecule has 0 unspecified atom stereocenters. The van der Waals surface area contributed by atoms with Crippen molar-refractivity contribution in [1.29, 1.82) is 5.26 Å². The molecule has 1 N–H and O–H groups in total. The first kappa shape index (κ1) is 13.8. The van der Waals surface area contributed by atoms with Crippen LogP contribution in [0, 0.1) is 11.3 Å². The third-order valence-electron chi connectivity index (χ3n) is 2.78. The summed E-state index contributed by atoms with van der Waals surface area (Å²) >= 11 is 0. The Bertz CT molecular complexity index is 814. The lowest BCUT2D eigenvalue weighted by atomic mass is 10.2. The summed E-state index contributed by atoms with van der Waals surface area (Å²) in [4.78, 5) is 13.2. The zero-order valence-electron chi connectivity index (χ0n) is 10.6. The van der Waals surface area contributed by atoms with E-state index in [0.717, 1.165) is 16.6 Å². The molecule has 0 saturated carbocycles. The van der Waals surface area contributed by atoms with Gasteiger partial charge in [-0.05, 0) is 18.2 Å². The number of hydrogen-bond donors (Lipinski definition) is 1. The number of nitriles is 1. The van der Waals surface area contributed by atoms with Gasteiger partial charge in [0, 0.05) is 19.3 Å². The van der Waals surface area contributed by atoms with E-state index in [4.69, 9.17) is 5.26 Å². The van der Waals surface area contributed by atoms with E-state index in [1.807, 2.05) is 6.07 Å². The average molecular weight is 289 g/mol. The first-order chi connectivity index (χ1) is 9.46. The van der Waals surface area contributed by atoms with Gasteiger partial charge in [0.2, 0.25) is 5.56 Å². The summed E-state index contributed by atoms with van der Waals surface area (Å²) in [7, 11) is -2.47. The lowest BCUT2D eigenvalue weighted by Crippen LogP contribution is -2.27. The molecule has 1 aromatic heterocycles. The smallest absolute Gasteiger partial charge is 0.265 e. The predicted octanol–water partition coefficient (Wildman–Crippen LogP) is 1.07. The van der Waals surface area contributed by atoms with Gasteiger partial charge in [-0.3, -0.25) is 9.10 Å². The SMILES string of the molecule is CN(c1ccccc1C#N)S(=O)(=O)c1ccc(=O)[nH]c1. The van der Waals surface area contributed by atoms with Gasteiger partial charge in [-0.15, -0.1) is 0 Å². The Morgan fingerprint density at radius 2 is 1.90 bits per heavy atom. The van der Waals surface area contributed by atoms with E-state index in [-0.39, 0.29) is 21.7 Å². The zero-order chi connectivity index (χ0) is 14.8. The minimum Gasteiger partial charge on any atom is -0.328 e. The molecule has 0 saturated heterocycles. The highest BCUT2D eigenvalue weighted by molar-refractivity contribution is 7.92. The Hall–Kier alpha value is -2.59. The van der Waals surface area contributed by atoms with Crippen molar-refractivity contribution in [3.8, 4) is 6.07 Å². The fourth-order valence-corrected chi connectivity index (χ4v) is 2.87. The minimum atomic E-state index is -3.83. The normalized spacial score (nSPS) is 10.8. The second kappa shape index (κ2) is 5.19. The third-order valence-corrected chi connectivity index (χ3v) is 4.55. The first-order valence-electron chi connectivity index (χ1n) is 5.63. The van der Waals surface area contributed by atoms with Crippen LogP contribution in [0.2, 0.25) is 0 Å². The standard InChI is InChI=1S/C13H11N3O3S/c1-16(12-5-3-2-4-10(12)8-14)20(18,19)11-6-7-13(17)15-9-11/h2-7,9H,1H3,(H,15,17). The number of aromatic nitrogens is 1. The second-order valence-corrected chi connectivity index (χ2v) is 5.96. The molecule has 0 atom stereocenters. The molecule has 2 rings (SSSR count). The number of aromatic amines is 1. The molecule has 1 heterocycles. The zero-order valence-corrected chi connectivity index (χ0v) is 11.4. The van der Waals surface area contributed by atoms with Crippen molar-refractivity contribution >= 4 is 15.7 Å². The molecule has 0 bridgehead atoms. The predicted molar refractivity (Wildman–Crippen MR) is 73.8 cm³/mol. The topological polar surface area (TPSA) is 94.0 Å². The van der Waals surface area contributed by atoms with Gasteiger partial charge in [0.15, 0.2) is 0 Å². The van der Waals surface area contributed by atoms with Gasteiger partial charge in [-0.1, -0.05) is 12.1 Å². The molecular weight excluding hydrogens is 278 g/mol. The molecule has 1 aromatic carbocycles. The quantitative estimate of drug-likeness (QED) is 0.914. The van der Waals surface area contributed by atoms with Gasteiger partial charge < -0.3 is 4.98 Å². The van der Waals surface area contributed by atoms with Gasteiger partial charge in [0.05, 0.1) is 11.3 Å². The van der Waals surface area contributed by atoms with E-state index in [0.29, 0.717) is 0 Å². The van der Waals surface area contributed by atoms with Crippen molar-refractivity contribution in [1.82, 2.24) is 4.98 Å². The monoisotopic (exact) mass is 289 g/mol. The molecule has 0 aliphatic rings. The van der Waals surface area contributed by atoms with Crippen LogP contribution in [-0.2, 0) is 10.0 Å². The number of benzene rings is 1. The number of nitrogens with one attached hydrogen (secondary N) is 1. The lowest BCUT2D eigenvalue weighted by Gasteiger charge is -2.20. The molecular formula is C13H11N3O3S. The van der Waals surface area contributed by atoms with Crippen LogP contribution >= 0.6 is 0 Å². The molecule has 0 amide bonds.